The number of halogens is 1. The number of nitrogens with zero attached hydrogens (tertiary/aromatic N) is 1. The summed E-state index contributed by atoms with van der Waals surface area (Å²) < 4.78 is 11.1. The molecule has 0 saturated carbocycles. The van der Waals surface area contributed by atoms with E-state index < -0.39 is 0 Å². The molecule has 0 bridgehead atoms. The maximum absolute atomic E-state index is 12.3. The van der Waals surface area contributed by atoms with E-state index in [0.717, 1.165) is 4.90 Å². The molecule has 2 aromatic rings. The lowest BCUT2D eigenvalue weighted by molar-refractivity contribution is -0.862. The molecule has 2 amide bonds. The first-order chi connectivity index (χ1) is 13.9. The third kappa shape index (κ3) is 7.24. The number of anilines is 2. The first kappa shape index (κ1) is 22.4. The fraction of sp³-hybridized carbons (Fsp3) is 0.350. The molecular weight excluding hydrogens is 396 g/mol. The number of quaternary nitrogens is 1. The monoisotopic (exact) mass is 421 g/mol. The van der Waals surface area contributed by atoms with E-state index in [2.05, 4.69) is 15.6 Å². The van der Waals surface area contributed by atoms with Crippen LogP contribution in [0, 0.1) is 0 Å². The smallest absolute Gasteiger partial charge is 0.279 e. The molecule has 156 valence electrons. The fourth-order valence-corrected chi connectivity index (χ4v) is 2.78. The van der Waals surface area contributed by atoms with Crippen molar-refractivity contribution in [3.63, 3.8) is 0 Å². The minimum atomic E-state index is -0.259. The zero-order valence-electron chi connectivity index (χ0n) is 16.8. The highest BCUT2D eigenvalue weighted by Gasteiger charge is 2.16. The van der Waals surface area contributed by atoms with Crippen molar-refractivity contribution in [1.82, 2.24) is 4.98 Å². The number of benzene rings is 1. The number of nitrogens with one attached hydrogen (secondary N) is 3. The van der Waals surface area contributed by atoms with E-state index in [4.69, 9.17) is 21.1 Å². The Hall–Kier alpha value is -2.84. The van der Waals surface area contributed by atoms with Crippen LogP contribution in [0.2, 0.25) is 5.15 Å². The van der Waals surface area contributed by atoms with E-state index in [-0.39, 0.29) is 30.1 Å². The molecule has 2 rings (SSSR count). The molecule has 1 aromatic carbocycles. The lowest BCUT2D eigenvalue weighted by atomic mass is 10.2. The number of hydrogen-bond acceptors (Lipinski definition) is 5. The lowest BCUT2D eigenvalue weighted by Crippen LogP contribution is -3.11. The summed E-state index contributed by atoms with van der Waals surface area (Å²) in [5.41, 5.74) is 1.04. The van der Waals surface area contributed by atoms with Crippen molar-refractivity contribution >= 4 is 34.8 Å². The van der Waals surface area contributed by atoms with Gasteiger partial charge >= 0.3 is 0 Å². The number of likely N-dealkylation sites (N-methyl/N-ethyl adjacent to an activating group) is 1. The Kier molecular flexibility index (Phi) is 8.69. The summed E-state index contributed by atoms with van der Waals surface area (Å²) in [5, 5.41) is 5.72. The van der Waals surface area contributed by atoms with Gasteiger partial charge in [0.05, 0.1) is 25.9 Å². The van der Waals surface area contributed by atoms with E-state index in [1.165, 1.54) is 6.20 Å². The van der Waals surface area contributed by atoms with Crippen LogP contribution in [-0.2, 0) is 9.59 Å². The van der Waals surface area contributed by atoms with Gasteiger partial charge in [-0.15, -0.1) is 0 Å². The zero-order chi connectivity index (χ0) is 21.2. The normalized spacial score (nSPS) is 11.4. The summed E-state index contributed by atoms with van der Waals surface area (Å²) in [4.78, 5) is 29.1. The van der Waals surface area contributed by atoms with Crippen molar-refractivity contribution in [3.05, 3.63) is 41.7 Å². The molecule has 1 atom stereocenters. The highest BCUT2D eigenvalue weighted by atomic mass is 35.5. The largest absolute Gasteiger partial charge is 0.490 e. The van der Waals surface area contributed by atoms with E-state index in [1.54, 1.807) is 37.4 Å². The summed E-state index contributed by atoms with van der Waals surface area (Å²) in [5.74, 6) is 0.715. The molecule has 0 aliphatic rings. The maximum atomic E-state index is 12.3. The Morgan fingerprint density at radius 1 is 1.03 bits per heavy atom. The van der Waals surface area contributed by atoms with Crippen molar-refractivity contribution in [2.24, 2.45) is 0 Å². The van der Waals surface area contributed by atoms with Gasteiger partial charge in [-0.3, -0.25) is 9.59 Å². The number of ether oxygens (including phenoxy) is 2. The van der Waals surface area contributed by atoms with E-state index in [0.29, 0.717) is 36.1 Å². The lowest BCUT2D eigenvalue weighted by Gasteiger charge is -2.15. The average Bonchev–Trinajstić information content (AvgIpc) is 2.65. The number of carbonyl (C=O) groups is 2. The molecular formula is C20H26ClN4O4+. The predicted molar refractivity (Wildman–Crippen MR) is 112 cm³/mol. The zero-order valence-corrected chi connectivity index (χ0v) is 17.5. The minimum absolute atomic E-state index is 0.103. The van der Waals surface area contributed by atoms with Crippen molar-refractivity contribution in [3.8, 4) is 11.5 Å². The van der Waals surface area contributed by atoms with Crippen LogP contribution >= 0.6 is 11.6 Å². The second-order valence-corrected chi connectivity index (χ2v) is 6.63. The molecule has 0 spiro atoms. The average molecular weight is 422 g/mol. The quantitative estimate of drug-likeness (QED) is 0.507. The van der Waals surface area contributed by atoms with Gasteiger partial charge in [-0.2, -0.15) is 0 Å². The molecule has 1 aromatic heterocycles. The SMILES string of the molecule is CCOc1ccc(NC(=O)C[NH+](C)CC(=O)Nc2cccnc2Cl)cc1OCC. The van der Waals surface area contributed by atoms with Gasteiger partial charge in [0, 0.05) is 18.0 Å². The second kappa shape index (κ2) is 11.2. The summed E-state index contributed by atoms with van der Waals surface area (Å²) in [6.45, 7) is 5.00. The van der Waals surface area contributed by atoms with Gasteiger partial charge in [0.1, 0.15) is 0 Å². The second-order valence-electron chi connectivity index (χ2n) is 6.28. The molecule has 0 saturated heterocycles. The number of aromatic nitrogens is 1. The first-order valence-electron chi connectivity index (χ1n) is 9.34. The molecule has 9 heteroatoms. The van der Waals surface area contributed by atoms with Crippen LogP contribution in [0.25, 0.3) is 0 Å². The topological polar surface area (TPSA) is 94.0 Å². The van der Waals surface area contributed by atoms with Crippen LogP contribution in [0.3, 0.4) is 0 Å². The first-order valence-corrected chi connectivity index (χ1v) is 9.71. The molecule has 0 radical (unpaired) electrons. The number of carbonyl (C=O) groups excluding carboxylic acids is 2. The van der Waals surface area contributed by atoms with E-state index in [1.807, 2.05) is 13.8 Å². The standard InChI is InChI=1S/C20H25ClN4O4/c1-4-28-16-9-8-14(11-17(16)29-5-2)23-18(26)12-25(3)13-19(27)24-15-7-6-10-22-20(15)21/h6-11H,4-5,12-13H2,1-3H3,(H,23,26)(H,24,27)/p+1. The van der Waals surface area contributed by atoms with Gasteiger partial charge in [0.15, 0.2) is 29.7 Å². The van der Waals surface area contributed by atoms with Crippen LogP contribution in [-0.4, -0.2) is 50.1 Å². The molecule has 8 nitrogen and oxygen atoms in total. The van der Waals surface area contributed by atoms with Crippen molar-refractivity contribution in [1.29, 1.82) is 0 Å². The third-order valence-corrected chi connectivity index (χ3v) is 4.09. The maximum Gasteiger partial charge on any atom is 0.279 e. The summed E-state index contributed by atoms with van der Waals surface area (Å²) in [7, 11) is 1.76. The fourth-order valence-electron chi connectivity index (χ4n) is 2.62. The van der Waals surface area contributed by atoms with Crippen LogP contribution < -0.4 is 25.0 Å². The summed E-state index contributed by atoms with van der Waals surface area (Å²) in [6.07, 6.45) is 1.54. The third-order valence-electron chi connectivity index (χ3n) is 3.78. The van der Waals surface area contributed by atoms with Gasteiger partial charge < -0.3 is 25.0 Å². The molecule has 0 aliphatic heterocycles. The molecule has 1 unspecified atom stereocenters. The summed E-state index contributed by atoms with van der Waals surface area (Å²) >= 11 is 5.93. The minimum Gasteiger partial charge on any atom is -0.490 e. The Morgan fingerprint density at radius 2 is 1.69 bits per heavy atom. The van der Waals surface area contributed by atoms with Gasteiger partial charge in [-0.1, -0.05) is 11.6 Å². The van der Waals surface area contributed by atoms with E-state index >= 15 is 0 Å². The van der Waals surface area contributed by atoms with Crippen molar-refractivity contribution in [2.45, 2.75) is 13.8 Å². The molecule has 29 heavy (non-hydrogen) atoms. The van der Waals surface area contributed by atoms with Crippen LogP contribution in [0.1, 0.15) is 13.8 Å². The number of amides is 2. The molecule has 3 N–H and O–H groups in total. The number of hydrogen-bond donors (Lipinski definition) is 3. The van der Waals surface area contributed by atoms with Gasteiger partial charge in [-0.25, -0.2) is 4.98 Å². The van der Waals surface area contributed by atoms with Crippen molar-refractivity contribution in [2.75, 3.05) is 44.0 Å². The predicted octanol–water partition coefficient (Wildman–Crippen LogP) is 1.62. The summed E-state index contributed by atoms with van der Waals surface area (Å²) in [6, 6.07) is 8.57. The Bertz CT molecular complexity index is 847. The van der Waals surface area contributed by atoms with Gasteiger partial charge in [-0.05, 0) is 38.1 Å². The Labute approximate surface area is 175 Å². The van der Waals surface area contributed by atoms with E-state index in [9.17, 15) is 9.59 Å². The van der Waals surface area contributed by atoms with Gasteiger partial charge in [0.2, 0.25) is 0 Å². The number of pyridine rings is 1. The highest BCUT2D eigenvalue weighted by Crippen LogP contribution is 2.30. The van der Waals surface area contributed by atoms with Crippen molar-refractivity contribution < 1.29 is 24.0 Å². The van der Waals surface area contributed by atoms with Crippen LogP contribution in [0.4, 0.5) is 11.4 Å². The van der Waals surface area contributed by atoms with Gasteiger partial charge in [0.25, 0.3) is 11.8 Å². The number of rotatable bonds is 10. The highest BCUT2D eigenvalue weighted by molar-refractivity contribution is 6.32. The molecule has 1 heterocycles. The Balaban J connectivity index is 1.88. The molecule has 0 aliphatic carbocycles. The van der Waals surface area contributed by atoms with Crippen LogP contribution in [0.5, 0.6) is 11.5 Å². The Morgan fingerprint density at radius 3 is 2.34 bits per heavy atom. The molecule has 0 fully saturated rings. The van der Waals surface area contributed by atoms with Crippen LogP contribution in [0.15, 0.2) is 36.5 Å².